The Morgan fingerprint density at radius 3 is 2.86 bits per heavy atom. The Hall–Kier alpha value is -1.64. The van der Waals surface area contributed by atoms with E-state index in [1.807, 2.05) is 6.92 Å². The van der Waals surface area contributed by atoms with Gasteiger partial charge >= 0.3 is 0 Å². The minimum absolute atomic E-state index is 0.181. The van der Waals surface area contributed by atoms with Crippen LogP contribution in [0.2, 0.25) is 0 Å². The molecule has 0 aliphatic carbocycles. The Morgan fingerprint density at radius 2 is 2.24 bits per heavy atom. The van der Waals surface area contributed by atoms with Crippen LogP contribution in [0.3, 0.4) is 0 Å². The second-order valence-corrected chi connectivity index (χ2v) is 6.73. The summed E-state index contributed by atoms with van der Waals surface area (Å²) in [7, 11) is -2.09. The molecule has 8 heteroatoms. The van der Waals surface area contributed by atoms with Gasteiger partial charge in [-0.2, -0.15) is 9.40 Å². The number of aromatic amines is 1. The fraction of sp³-hybridized carbons (Fsp3) is 0.462. The maximum absolute atomic E-state index is 12.7. The zero-order valence-electron chi connectivity index (χ0n) is 12.4. The Kier molecular flexibility index (Phi) is 4.81. The molecular formula is C13H20N4O3S. The quantitative estimate of drug-likeness (QED) is 0.802. The number of H-pyrrole nitrogens is 1. The number of rotatable bonds is 7. The van der Waals surface area contributed by atoms with Gasteiger partial charge < -0.3 is 9.73 Å². The van der Waals surface area contributed by atoms with Crippen molar-refractivity contribution in [2.75, 3.05) is 13.6 Å². The molecule has 2 aromatic rings. The summed E-state index contributed by atoms with van der Waals surface area (Å²) in [4.78, 5) is 0.234. The molecule has 0 spiro atoms. The molecule has 2 rings (SSSR count). The van der Waals surface area contributed by atoms with Crippen LogP contribution in [0.5, 0.6) is 0 Å². The molecule has 2 heterocycles. The lowest BCUT2D eigenvalue weighted by Crippen LogP contribution is -2.28. The topological polar surface area (TPSA) is 91.2 Å². The molecule has 0 aliphatic rings. The molecule has 0 atom stereocenters. The van der Waals surface area contributed by atoms with E-state index in [-0.39, 0.29) is 11.4 Å². The van der Waals surface area contributed by atoms with Crippen molar-refractivity contribution < 1.29 is 12.8 Å². The third-order valence-electron chi connectivity index (χ3n) is 3.13. The standard InChI is InChI=1S/C13H20N4O3S/c1-4-14-8-12-13(10(2)15-16-12)21(18,19)17(3)9-11-6-5-7-20-11/h5-7,14H,4,8-9H2,1-3H3,(H,15,16). The van der Waals surface area contributed by atoms with Crippen LogP contribution in [0.4, 0.5) is 0 Å². The van der Waals surface area contributed by atoms with E-state index in [1.54, 1.807) is 19.1 Å². The first-order valence-electron chi connectivity index (χ1n) is 6.70. The van der Waals surface area contributed by atoms with Gasteiger partial charge in [0.1, 0.15) is 10.7 Å². The van der Waals surface area contributed by atoms with E-state index >= 15 is 0 Å². The minimum atomic E-state index is -3.62. The second-order valence-electron chi connectivity index (χ2n) is 4.75. The highest BCUT2D eigenvalue weighted by molar-refractivity contribution is 7.89. The first kappa shape index (κ1) is 15.7. The van der Waals surface area contributed by atoms with Gasteiger partial charge in [-0.25, -0.2) is 8.42 Å². The first-order valence-corrected chi connectivity index (χ1v) is 8.14. The number of nitrogens with zero attached hydrogens (tertiary/aromatic N) is 2. The Balaban J connectivity index is 2.28. The normalized spacial score (nSPS) is 12.2. The number of furan rings is 1. The Bertz CT molecular complexity index is 676. The predicted molar refractivity (Wildman–Crippen MR) is 78.1 cm³/mol. The van der Waals surface area contributed by atoms with Crippen LogP contribution < -0.4 is 5.32 Å². The van der Waals surface area contributed by atoms with E-state index in [4.69, 9.17) is 4.42 Å². The molecule has 7 nitrogen and oxygen atoms in total. The van der Waals surface area contributed by atoms with Gasteiger partial charge in [0, 0.05) is 13.6 Å². The van der Waals surface area contributed by atoms with Crippen LogP contribution in [-0.2, 0) is 23.1 Å². The monoisotopic (exact) mass is 312 g/mol. The number of aromatic nitrogens is 2. The summed E-state index contributed by atoms with van der Waals surface area (Å²) in [6.07, 6.45) is 1.52. The Labute approximate surface area is 124 Å². The van der Waals surface area contributed by atoms with Crippen molar-refractivity contribution in [2.45, 2.75) is 31.8 Å². The molecule has 0 unspecified atom stereocenters. The van der Waals surface area contributed by atoms with Crippen LogP contribution in [0, 0.1) is 6.92 Å². The van der Waals surface area contributed by atoms with Gasteiger partial charge in [-0.3, -0.25) is 5.10 Å². The van der Waals surface area contributed by atoms with Crippen molar-refractivity contribution in [3.63, 3.8) is 0 Å². The molecule has 0 fully saturated rings. The molecule has 0 aliphatic heterocycles. The van der Waals surface area contributed by atoms with Gasteiger partial charge in [-0.15, -0.1) is 0 Å². The lowest BCUT2D eigenvalue weighted by Gasteiger charge is -2.16. The van der Waals surface area contributed by atoms with Gasteiger partial charge in [-0.05, 0) is 25.6 Å². The molecule has 2 N–H and O–H groups in total. The van der Waals surface area contributed by atoms with Crippen molar-refractivity contribution >= 4 is 10.0 Å². The van der Waals surface area contributed by atoms with E-state index < -0.39 is 10.0 Å². The average Bonchev–Trinajstić information content (AvgIpc) is 3.06. The van der Waals surface area contributed by atoms with Gasteiger partial charge in [-0.1, -0.05) is 6.92 Å². The van der Waals surface area contributed by atoms with Crippen molar-refractivity contribution in [1.29, 1.82) is 0 Å². The molecule has 2 aromatic heterocycles. The lowest BCUT2D eigenvalue weighted by molar-refractivity contribution is 0.405. The summed E-state index contributed by atoms with van der Waals surface area (Å²) in [6, 6.07) is 3.48. The second kappa shape index (κ2) is 6.42. The Morgan fingerprint density at radius 1 is 1.48 bits per heavy atom. The molecule has 0 amide bonds. The molecule has 0 radical (unpaired) electrons. The first-order chi connectivity index (χ1) is 9.96. The minimum Gasteiger partial charge on any atom is -0.468 e. The summed E-state index contributed by atoms with van der Waals surface area (Å²) in [5.41, 5.74) is 1.04. The fourth-order valence-corrected chi connectivity index (χ4v) is 3.49. The summed E-state index contributed by atoms with van der Waals surface area (Å²) in [5.74, 6) is 0.593. The van der Waals surface area contributed by atoms with Gasteiger partial charge in [0.05, 0.1) is 24.2 Å². The molecule has 0 aromatic carbocycles. The van der Waals surface area contributed by atoms with Crippen molar-refractivity contribution in [3.05, 3.63) is 35.5 Å². The summed E-state index contributed by atoms with van der Waals surface area (Å²) in [5, 5.41) is 9.92. The van der Waals surface area contributed by atoms with Crippen LogP contribution in [-0.4, -0.2) is 36.5 Å². The van der Waals surface area contributed by atoms with E-state index in [1.165, 1.54) is 17.6 Å². The van der Waals surface area contributed by atoms with Crippen molar-refractivity contribution in [3.8, 4) is 0 Å². The largest absolute Gasteiger partial charge is 0.468 e. The van der Waals surface area contributed by atoms with Crippen LogP contribution >= 0.6 is 0 Å². The molecule has 0 bridgehead atoms. The number of aryl methyl sites for hydroxylation is 1. The molecular weight excluding hydrogens is 292 g/mol. The number of nitrogens with one attached hydrogen (secondary N) is 2. The SMILES string of the molecule is CCNCc1n[nH]c(C)c1S(=O)(=O)N(C)Cc1ccco1. The smallest absolute Gasteiger partial charge is 0.246 e. The third kappa shape index (κ3) is 3.34. The maximum atomic E-state index is 12.7. The highest BCUT2D eigenvalue weighted by Gasteiger charge is 2.28. The summed E-state index contributed by atoms with van der Waals surface area (Å²) in [6.45, 7) is 4.99. The zero-order chi connectivity index (χ0) is 15.5. The predicted octanol–water partition coefficient (Wildman–Crippen LogP) is 1.24. The van der Waals surface area contributed by atoms with Crippen LogP contribution in [0.25, 0.3) is 0 Å². The van der Waals surface area contributed by atoms with Gasteiger partial charge in [0.25, 0.3) is 0 Å². The van der Waals surface area contributed by atoms with E-state index in [2.05, 4.69) is 15.5 Å². The molecule has 0 saturated carbocycles. The molecule has 0 saturated heterocycles. The number of sulfonamides is 1. The third-order valence-corrected chi connectivity index (χ3v) is 5.14. The lowest BCUT2D eigenvalue weighted by atomic mass is 10.3. The van der Waals surface area contributed by atoms with Crippen LogP contribution in [0.15, 0.2) is 27.7 Å². The molecule has 116 valence electrons. The highest BCUT2D eigenvalue weighted by atomic mass is 32.2. The van der Waals surface area contributed by atoms with Crippen molar-refractivity contribution in [2.24, 2.45) is 0 Å². The highest BCUT2D eigenvalue weighted by Crippen LogP contribution is 2.22. The average molecular weight is 312 g/mol. The number of hydrogen-bond acceptors (Lipinski definition) is 5. The summed E-state index contributed by atoms with van der Waals surface area (Å²) < 4.78 is 31.9. The van der Waals surface area contributed by atoms with Gasteiger partial charge in [0.2, 0.25) is 10.0 Å². The van der Waals surface area contributed by atoms with E-state index in [9.17, 15) is 8.42 Å². The van der Waals surface area contributed by atoms with E-state index in [0.717, 1.165) is 6.54 Å². The maximum Gasteiger partial charge on any atom is 0.246 e. The zero-order valence-corrected chi connectivity index (χ0v) is 13.2. The van der Waals surface area contributed by atoms with Crippen LogP contribution in [0.1, 0.15) is 24.1 Å². The van der Waals surface area contributed by atoms with Gasteiger partial charge in [0.15, 0.2) is 0 Å². The number of hydrogen-bond donors (Lipinski definition) is 2. The van der Waals surface area contributed by atoms with Crippen molar-refractivity contribution in [1.82, 2.24) is 19.8 Å². The van der Waals surface area contributed by atoms with E-state index in [0.29, 0.717) is 23.7 Å². The summed E-state index contributed by atoms with van der Waals surface area (Å²) >= 11 is 0. The fourth-order valence-electron chi connectivity index (χ4n) is 2.04. The molecule has 21 heavy (non-hydrogen) atoms.